The quantitative estimate of drug-likeness (QED) is 0.883. The summed E-state index contributed by atoms with van der Waals surface area (Å²) in [6, 6.07) is 5.68. The van der Waals surface area contributed by atoms with E-state index in [0.29, 0.717) is 17.7 Å². The van der Waals surface area contributed by atoms with Crippen LogP contribution in [0.4, 0.5) is 4.39 Å². The van der Waals surface area contributed by atoms with Crippen molar-refractivity contribution in [3.8, 4) is 0 Å². The fourth-order valence-corrected chi connectivity index (χ4v) is 2.67. The van der Waals surface area contributed by atoms with Gasteiger partial charge in [-0.1, -0.05) is 0 Å². The van der Waals surface area contributed by atoms with Crippen molar-refractivity contribution in [1.29, 1.82) is 0 Å². The molecule has 1 fully saturated rings. The first-order chi connectivity index (χ1) is 9.19. The number of hydrogen-bond acceptors (Lipinski definition) is 4. The smallest absolute Gasteiger partial charge is 0.213 e. The number of halogens is 1. The van der Waals surface area contributed by atoms with Crippen LogP contribution in [-0.4, -0.2) is 21.2 Å². The van der Waals surface area contributed by atoms with Crippen LogP contribution in [-0.2, 0) is 6.54 Å². The van der Waals surface area contributed by atoms with Gasteiger partial charge in [0.05, 0.1) is 0 Å². The molecule has 1 heterocycles. The molecule has 0 spiro atoms. The molecule has 1 aromatic carbocycles. The fourth-order valence-electron chi connectivity index (χ4n) is 1.80. The molecule has 0 unspecified atom stereocenters. The molecule has 2 N–H and O–H groups in total. The molecular formula is C13H15FN4S. The highest BCUT2D eigenvalue weighted by atomic mass is 32.2. The summed E-state index contributed by atoms with van der Waals surface area (Å²) in [7, 11) is 0. The molecule has 3 rings (SSSR count). The van der Waals surface area contributed by atoms with Gasteiger partial charge in [-0.15, -0.1) is 5.10 Å². The average Bonchev–Trinajstić information content (AvgIpc) is 3.10. The Labute approximate surface area is 115 Å². The van der Waals surface area contributed by atoms with E-state index < -0.39 is 0 Å². The molecular weight excluding hydrogens is 263 g/mol. The summed E-state index contributed by atoms with van der Waals surface area (Å²) in [6.45, 7) is 2.55. The summed E-state index contributed by atoms with van der Waals surface area (Å²) < 4.78 is 13.6. The summed E-state index contributed by atoms with van der Waals surface area (Å²) in [6.07, 6.45) is 2.46. The van der Waals surface area contributed by atoms with E-state index in [-0.39, 0.29) is 5.82 Å². The molecule has 100 valence electrons. The number of hydrogen-bond donors (Lipinski definition) is 2. The van der Waals surface area contributed by atoms with E-state index in [0.717, 1.165) is 16.3 Å². The van der Waals surface area contributed by atoms with Gasteiger partial charge in [0.1, 0.15) is 11.6 Å². The van der Waals surface area contributed by atoms with Crippen LogP contribution in [0.2, 0.25) is 0 Å². The molecule has 0 saturated heterocycles. The third kappa shape index (κ3) is 3.54. The van der Waals surface area contributed by atoms with Gasteiger partial charge < -0.3 is 5.32 Å². The molecule has 6 heteroatoms. The maximum atomic E-state index is 13.6. The number of aromatic amines is 1. The van der Waals surface area contributed by atoms with Crippen LogP contribution >= 0.6 is 11.8 Å². The predicted molar refractivity (Wildman–Crippen MR) is 71.5 cm³/mol. The van der Waals surface area contributed by atoms with E-state index in [1.54, 1.807) is 6.07 Å². The van der Waals surface area contributed by atoms with Crippen molar-refractivity contribution < 1.29 is 4.39 Å². The van der Waals surface area contributed by atoms with Gasteiger partial charge >= 0.3 is 0 Å². The highest BCUT2D eigenvalue weighted by Gasteiger charge is 2.20. The van der Waals surface area contributed by atoms with Gasteiger partial charge in [0.25, 0.3) is 0 Å². The predicted octanol–water partition coefficient (Wildman–Crippen LogP) is 2.66. The minimum Gasteiger partial charge on any atom is -0.310 e. The summed E-state index contributed by atoms with van der Waals surface area (Å²) in [4.78, 5) is 5.03. The molecule has 0 amide bonds. The second-order valence-corrected chi connectivity index (χ2v) is 5.80. The lowest BCUT2D eigenvalue weighted by Crippen LogP contribution is -2.15. The van der Waals surface area contributed by atoms with Gasteiger partial charge in [-0.2, -0.15) is 0 Å². The van der Waals surface area contributed by atoms with E-state index in [9.17, 15) is 4.39 Å². The lowest BCUT2D eigenvalue weighted by Gasteiger charge is -2.05. The van der Waals surface area contributed by atoms with Crippen molar-refractivity contribution in [2.75, 3.05) is 0 Å². The zero-order valence-electron chi connectivity index (χ0n) is 10.6. The number of H-pyrrole nitrogens is 1. The van der Waals surface area contributed by atoms with Crippen LogP contribution in [0.15, 0.2) is 28.3 Å². The van der Waals surface area contributed by atoms with Crippen molar-refractivity contribution in [3.05, 3.63) is 35.4 Å². The van der Waals surface area contributed by atoms with Crippen molar-refractivity contribution in [1.82, 2.24) is 20.5 Å². The van der Waals surface area contributed by atoms with Crippen molar-refractivity contribution in [2.45, 2.75) is 42.4 Å². The topological polar surface area (TPSA) is 53.6 Å². The van der Waals surface area contributed by atoms with Crippen LogP contribution in [0.5, 0.6) is 0 Å². The molecule has 0 atom stereocenters. The fraction of sp³-hybridized carbons (Fsp3) is 0.385. The Balaban J connectivity index is 1.72. The first-order valence-corrected chi connectivity index (χ1v) is 7.10. The minimum atomic E-state index is -0.218. The van der Waals surface area contributed by atoms with Crippen LogP contribution in [0.1, 0.15) is 24.2 Å². The first kappa shape index (κ1) is 12.6. The second-order valence-electron chi connectivity index (χ2n) is 4.76. The highest BCUT2D eigenvalue weighted by molar-refractivity contribution is 7.99. The Bertz CT molecular complexity index is 580. The molecule has 4 nitrogen and oxygen atoms in total. The average molecular weight is 278 g/mol. The maximum Gasteiger partial charge on any atom is 0.213 e. The zero-order valence-corrected chi connectivity index (χ0v) is 11.4. The summed E-state index contributed by atoms with van der Waals surface area (Å²) in [5, 5.41) is 10.8. The number of aromatic nitrogens is 3. The van der Waals surface area contributed by atoms with Crippen LogP contribution < -0.4 is 5.32 Å². The molecule has 1 saturated carbocycles. The normalized spacial score (nSPS) is 14.8. The van der Waals surface area contributed by atoms with Gasteiger partial charge in [-0.05, 0) is 55.3 Å². The number of nitrogens with zero attached hydrogens (tertiary/aromatic N) is 2. The van der Waals surface area contributed by atoms with Crippen molar-refractivity contribution in [3.63, 3.8) is 0 Å². The second kappa shape index (κ2) is 5.30. The van der Waals surface area contributed by atoms with Crippen LogP contribution in [0.3, 0.4) is 0 Å². The Hall–Kier alpha value is -1.40. The molecule has 19 heavy (non-hydrogen) atoms. The van der Waals surface area contributed by atoms with E-state index in [4.69, 9.17) is 0 Å². The van der Waals surface area contributed by atoms with E-state index >= 15 is 0 Å². The molecule has 1 aliphatic carbocycles. The molecule has 1 aliphatic rings. The Morgan fingerprint density at radius 2 is 2.26 bits per heavy atom. The lowest BCUT2D eigenvalue weighted by atomic mass is 10.2. The molecule has 1 aromatic heterocycles. The first-order valence-electron chi connectivity index (χ1n) is 6.29. The molecule has 2 aromatic rings. The van der Waals surface area contributed by atoms with E-state index in [2.05, 4.69) is 20.5 Å². The van der Waals surface area contributed by atoms with E-state index in [1.165, 1.54) is 30.7 Å². The molecule has 0 bridgehead atoms. The van der Waals surface area contributed by atoms with Gasteiger partial charge in [0, 0.05) is 17.5 Å². The summed E-state index contributed by atoms with van der Waals surface area (Å²) in [5.74, 6) is 0.541. The third-order valence-corrected chi connectivity index (χ3v) is 3.73. The number of rotatable bonds is 5. The summed E-state index contributed by atoms with van der Waals surface area (Å²) >= 11 is 1.37. The number of aryl methyl sites for hydroxylation is 1. The standard InChI is InChI=1S/C13H15FN4S/c1-8-16-13(18-17-8)19-12-5-9(4-10(14)6-12)7-15-11-2-3-11/h4-6,11,15H,2-3,7H2,1H3,(H,16,17,18). The zero-order chi connectivity index (χ0) is 13.2. The monoisotopic (exact) mass is 278 g/mol. The Morgan fingerprint density at radius 1 is 1.42 bits per heavy atom. The lowest BCUT2D eigenvalue weighted by molar-refractivity contribution is 0.615. The maximum absolute atomic E-state index is 13.6. The Morgan fingerprint density at radius 3 is 2.95 bits per heavy atom. The van der Waals surface area contributed by atoms with Gasteiger partial charge in [0.15, 0.2) is 0 Å². The van der Waals surface area contributed by atoms with E-state index in [1.807, 2.05) is 13.0 Å². The molecule has 0 aliphatic heterocycles. The highest BCUT2D eigenvalue weighted by Crippen LogP contribution is 2.27. The Kier molecular flexibility index (Phi) is 3.52. The van der Waals surface area contributed by atoms with Crippen LogP contribution in [0.25, 0.3) is 0 Å². The minimum absolute atomic E-state index is 0.218. The van der Waals surface area contributed by atoms with Gasteiger partial charge in [0.2, 0.25) is 5.16 Å². The SMILES string of the molecule is Cc1nc(Sc2cc(F)cc(CNC3CC3)c2)n[nH]1. The molecule has 0 radical (unpaired) electrons. The largest absolute Gasteiger partial charge is 0.310 e. The van der Waals surface area contributed by atoms with Crippen molar-refractivity contribution >= 4 is 11.8 Å². The summed E-state index contributed by atoms with van der Waals surface area (Å²) in [5.41, 5.74) is 0.960. The van der Waals surface area contributed by atoms with Crippen LogP contribution in [0, 0.1) is 12.7 Å². The van der Waals surface area contributed by atoms with Gasteiger partial charge in [-0.3, -0.25) is 5.10 Å². The number of nitrogens with one attached hydrogen (secondary N) is 2. The third-order valence-electron chi connectivity index (χ3n) is 2.89. The van der Waals surface area contributed by atoms with Crippen molar-refractivity contribution in [2.24, 2.45) is 0 Å². The number of benzene rings is 1. The van der Waals surface area contributed by atoms with Gasteiger partial charge in [-0.25, -0.2) is 9.37 Å².